The fourth-order valence-corrected chi connectivity index (χ4v) is 3.15. The summed E-state index contributed by atoms with van der Waals surface area (Å²) in [5.74, 6) is -1.18. The normalized spacial score (nSPS) is 20.4. The Hall–Kier alpha value is -0.870. The molecule has 0 spiro atoms. The molecule has 1 aliphatic heterocycles. The number of halogens is 1. The van der Waals surface area contributed by atoms with Crippen molar-refractivity contribution in [2.75, 3.05) is 6.61 Å². The van der Waals surface area contributed by atoms with Crippen LogP contribution < -0.4 is 0 Å². The number of carboxylic acids is 1. The van der Waals surface area contributed by atoms with Crippen molar-refractivity contribution in [1.82, 2.24) is 0 Å². The quantitative estimate of drug-likeness (QED) is 0.860. The monoisotopic (exact) mass is 326 g/mol. The summed E-state index contributed by atoms with van der Waals surface area (Å²) in [5, 5.41) is 9.39. The first-order valence-corrected chi connectivity index (χ1v) is 7.56. The number of carbonyl (C=O) groups is 1. The molecule has 0 aromatic heterocycles. The van der Waals surface area contributed by atoms with E-state index < -0.39 is 11.9 Å². The fraction of sp³-hybridized carbons (Fsp3) is 0.533. The van der Waals surface area contributed by atoms with Crippen LogP contribution in [0.2, 0.25) is 0 Å². The first kappa shape index (κ1) is 14.5. The number of rotatable bonds is 6. The first-order valence-electron chi connectivity index (χ1n) is 6.77. The second-order valence-corrected chi connectivity index (χ2v) is 5.83. The number of carboxylic acid groups (broad SMARTS) is 1. The molecule has 1 fully saturated rings. The number of hydrogen-bond donors (Lipinski definition) is 1. The van der Waals surface area contributed by atoms with E-state index in [9.17, 15) is 9.90 Å². The predicted octanol–water partition coefficient (Wildman–Crippen LogP) is 3.97. The van der Waals surface area contributed by atoms with E-state index in [1.54, 1.807) is 0 Å². The molecule has 2 unspecified atom stereocenters. The van der Waals surface area contributed by atoms with E-state index in [0.717, 1.165) is 42.3 Å². The van der Waals surface area contributed by atoms with Crippen LogP contribution in [-0.2, 0) is 9.53 Å². The molecule has 1 N–H and O–H groups in total. The van der Waals surface area contributed by atoms with Gasteiger partial charge in [-0.3, -0.25) is 4.79 Å². The van der Waals surface area contributed by atoms with Gasteiger partial charge in [0, 0.05) is 11.1 Å². The molecule has 1 heterocycles. The highest BCUT2D eigenvalue weighted by atomic mass is 79.9. The summed E-state index contributed by atoms with van der Waals surface area (Å²) >= 11 is 3.44. The van der Waals surface area contributed by atoms with Gasteiger partial charge in [0.05, 0.1) is 12.0 Å². The van der Waals surface area contributed by atoms with Gasteiger partial charge in [-0.1, -0.05) is 34.1 Å². The van der Waals surface area contributed by atoms with E-state index in [2.05, 4.69) is 15.9 Å². The SMILES string of the molecule is O=C(O)C(CCCC1CCCO1)c1ccccc1Br. The molecule has 0 bridgehead atoms. The Kier molecular flexibility index (Phi) is 5.40. The molecule has 104 valence electrons. The van der Waals surface area contributed by atoms with Crippen LogP contribution in [0.3, 0.4) is 0 Å². The third kappa shape index (κ3) is 4.05. The van der Waals surface area contributed by atoms with Crippen LogP contribution >= 0.6 is 15.9 Å². The lowest BCUT2D eigenvalue weighted by molar-refractivity contribution is -0.139. The molecular formula is C15H19BrO3. The minimum atomic E-state index is -0.751. The third-order valence-corrected chi connectivity index (χ3v) is 4.34. The number of aliphatic carboxylic acids is 1. The largest absolute Gasteiger partial charge is 0.481 e. The van der Waals surface area contributed by atoms with Gasteiger partial charge in [-0.15, -0.1) is 0 Å². The number of benzene rings is 1. The van der Waals surface area contributed by atoms with Crippen molar-refractivity contribution in [3.05, 3.63) is 34.3 Å². The van der Waals surface area contributed by atoms with E-state index in [1.807, 2.05) is 24.3 Å². The molecule has 3 nitrogen and oxygen atoms in total. The molecule has 2 atom stereocenters. The van der Waals surface area contributed by atoms with Crippen molar-refractivity contribution >= 4 is 21.9 Å². The molecule has 0 amide bonds. The number of hydrogen-bond acceptors (Lipinski definition) is 2. The average molecular weight is 327 g/mol. The summed E-state index contributed by atoms with van der Waals surface area (Å²) < 4.78 is 6.44. The van der Waals surface area contributed by atoms with Gasteiger partial charge in [0.2, 0.25) is 0 Å². The predicted molar refractivity (Wildman–Crippen MR) is 77.3 cm³/mol. The van der Waals surface area contributed by atoms with Crippen molar-refractivity contribution in [2.24, 2.45) is 0 Å². The highest BCUT2D eigenvalue weighted by Gasteiger charge is 2.23. The lowest BCUT2D eigenvalue weighted by atomic mass is 9.93. The molecule has 19 heavy (non-hydrogen) atoms. The summed E-state index contributed by atoms with van der Waals surface area (Å²) in [4.78, 5) is 11.4. The van der Waals surface area contributed by atoms with Crippen molar-refractivity contribution in [2.45, 2.75) is 44.1 Å². The van der Waals surface area contributed by atoms with Crippen LogP contribution in [0.25, 0.3) is 0 Å². The maximum absolute atomic E-state index is 11.4. The second-order valence-electron chi connectivity index (χ2n) is 4.98. The van der Waals surface area contributed by atoms with E-state index >= 15 is 0 Å². The lowest BCUT2D eigenvalue weighted by Crippen LogP contribution is -2.13. The zero-order valence-electron chi connectivity index (χ0n) is 10.8. The first-order chi connectivity index (χ1) is 9.18. The minimum absolute atomic E-state index is 0.341. The molecule has 2 rings (SSSR count). The van der Waals surface area contributed by atoms with Crippen LogP contribution in [-0.4, -0.2) is 23.8 Å². The average Bonchev–Trinajstić information content (AvgIpc) is 2.89. The summed E-state index contributed by atoms with van der Waals surface area (Å²) in [6.07, 6.45) is 5.12. The van der Waals surface area contributed by atoms with Gasteiger partial charge in [-0.2, -0.15) is 0 Å². The molecule has 0 saturated carbocycles. The van der Waals surface area contributed by atoms with Crippen LogP contribution in [0.5, 0.6) is 0 Å². The van der Waals surface area contributed by atoms with Gasteiger partial charge >= 0.3 is 5.97 Å². The van der Waals surface area contributed by atoms with Crippen molar-refractivity contribution in [1.29, 1.82) is 0 Å². The lowest BCUT2D eigenvalue weighted by Gasteiger charge is -2.15. The molecule has 0 radical (unpaired) electrons. The van der Waals surface area contributed by atoms with Crippen LogP contribution in [0.4, 0.5) is 0 Å². The third-order valence-electron chi connectivity index (χ3n) is 3.62. The summed E-state index contributed by atoms with van der Waals surface area (Å²) in [6.45, 7) is 0.858. The van der Waals surface area contributed by atoms with E-state index in [-0.39, 0.29) is 0 Å². The maximum atomic E-state index is 11.4. The minimum Gasteiger partial charge on any atom is -0.481 e. The van der Waals surface area contributed by atoms with E-state index in [4.69, 9.17) is 4.74 Å². The van der Waals surface area contributed by atoms with Gasteiger partial charge in [0.25, 0.3) is 0 Å². The van der Waals surface area contributed by atoms with Gasteiger partial charge in [0.1, 0.15) is 0 Å². The molecule has 0 aliphatic carbocycles. The highest BCUT2D eigenvalue weighted by molar-refractivity contribution is 9.10. The molecule has 1 aromatic rings. The Morgan fingerprint density at radius 3 is 2.89 bits per heavy atom. The summed E-state index contributed by atoms with van der Waals surface area (Å²) in [5.41, 5.74) is 0.863. The molecule has 1 aliphatic rings. The molecule has 1 saturated heterocycles. The Balaban J connectivity index is 1.93. The Morgan fingerprint density at radius 2 is 2.26 bits per heavy atom. The Labute approximate surface area is 122 Å². The maximum Gasteiger partial charge on any atom is 0.311 e. The summed E-state index contributed by atoms with van der Waals surface area (Å²) in [6, 6.07) is 7.56. The molecule has 1 aromatic carbocycles. The highest BCUT2D eigenvalue weighted by Crippen LogP contribution is 2.30. The molecule has 4 heteroatoms. The smallest absolute Gasteiger partial charge is 0.311 e. The van der Waals surface area contributed by atoms with Crippen LogP contribution in [0.1, 0.15) is 43.6 Å². The summed E-state index contributed by atoms with van der Waals surface area (Å²) in [7, 11) is 0. The van der Waals surface area contributed by atoms with E-state index in [1.165, 1.54) is 0 Å². The van der Waals surface area contributed by atoms with Crippen LogP contribution in [0.15, 0.2) is 28.7 Å². The topological polar surface area (TPSA) is 46.5 Å². The zero-order valence-corrected chi connectivity index (χ0v) is 12.4. The molecular weight excluding hydrogens is 308 g/mol. The van der Waals surface area contributed by atoms with Gasteiger partial charge in [-0.05, 0) is 43.7 Å². The zero-order chi connectivity index (χ0) is 13.7. The Bertz CT molecular complexity index is 427. The van der Waals surface area contributed by atoms with Gasteiger partial charge in [-0.25, -0.2) is 0 Å². The van der Waals surface area contributed by atoms with Gasteiger partial charge in [0.15, 0.2) is 0 Å². The standard InChI is InChI=1S/C15H19BrO3/c16-14-9-2-1-7-12(14)13(15(17)18)8-3-5-11-6-4-10-19-11/h1-2,7,9,11,13H,3-6,8,10H2,(H,17,18). The van der Waals surface area contributed by atoms with Crippen LogP contribution in [0, 0.1) is 0 Å². The Morgan fingerprint density at radius 1 is 1.47 bits per heavy atom. The van der Waals surface area contributed by atoms with Gasteiger partial charge < -0.3 is 9.84 Å². The van der Waals surface area contributed by atoms with Crippen molar-refractivity contribution < 1.29 is 14.6 Å². The van der Waals surface area contributed by atoms with E-state index in [0.29, 0.717) is 12.5 Å². The second kappa shape index (κ2) is 7.06. The van der Waals surface area contributed by atoms with Crippen molar-refractivity contribution in [3.8, 4) is 0 Å². The van der Waals surface area contributed by atoms with Crippen molar-refractivity contribution in [3.63, 3.8) is 0 Å². The number of ether oxygens (including phenoxy) is 1. The fourth-order valence-electron chi connectivity index (χ4n) is 2.59.